The van der Waals surface area contributed by atoms with E-state index in [0.29, 0.717) is 5.75 Å². The predicted molar refractivity (Wildman–Crippen MR) is 72.0 cm³/mol. The first-order valence-corrected chi connectivity index (χ1v) is 8.13. The standard InChI is InChI=1S/C12H12BrNO2S/c13-9-1-2-12-10(5-9)11(6-14-12)8-3-4-17(15,16)7-8/h1-2,5-6,8,14H,3-4,7H2. The molecule has 1 aliphatic rings. The number of H-pyrrole nitrogens is 1. The zero-order valence-corrected chi connectivity index (χ0v) is 11.5. The Balaban J connectivity index is 2.09. The molecule has 2 aromatic rings. The van der Waals surface area contributed by atoms with Crippen molar-refractivity contribution in [3.8, 4) is 0 Å². The number of hydrogen-bond acceptors (Lipinski definition) is 2. The summed E-state index contributed by atoms with van der Waals surface area (Å²) in [6, 6.07) is 6.03. The summed E-state index contributed by atoms with van der Waals surface area (Å²) in [6.07, 6.45) is 2.68. The van der Waals surface area contributed by atoms with Gasteiger partial charge in [-0.2, -0.15) is 0 Å². The highest BCUT2D eigenvalue weighted by molar-refractivity contribution is 9.10. The van der Waals surface area contributed by atoms with Crippen LogP contribution in [0.1, 0.15) is 17.9 Å². The predicted octanol–water partition coefficient (Wildman–Crippen LogP) is 2.83. The van der Waals surface area contributed by atoms with Crippen LogP contribution in [0.5, 0.6) is 0 Å². The van der Waals surface area contributed by atoms with E-state index in [9.17, 15) is 8.42 Å². The van der Waals surface area contributed by atoms with Gasteiger partial charge < -0.3 is 4.98 Å². The monoisotopic (exact) mass is 313 g/mol. The molecule has 0 amide bonds. The Labute approximate surface area is 108 Å². The number of aromatic nitrogens is 1. The van der Waals surface area contributed by atoms with Gasteiger partial charge in [0.05, 0.1) is 11.5 Å². The van der Waals surface area contributed by atoms with Crippen molar-refractivity contribution in [2.45, 2.75) is 12.3 Å². The van der Waals surface area contributed by atoms with Crippen molar-refractivity contribution in [1.29, 1.82) is 0 Å². The second kappa shape index (κ2) is 3.85. The highest BCUT2D eigenvalue weighted by Crippen LogP contribution is 2.34. The Kier molecular flexibility index (Phi) is 2.56. The lowest BCUT2D eigenvalue weighted by Gasteiger charge is -2.05. The van der Waals surface area contributed by atoms with Crippen molar-refractivity contribution in [3.05, 3.63) is 34.4 Å². The minimum Gasteiger partial charge on any atom is -0.361 e. The van der Waals surface area contributed by atoms with Gasteiger partial charge in [0, 0.05) is 27.5 Å². The molecule has 1 aromatic carbocycles. The summed E-state index contributed by atoms with van der Waals surface area (Å²) in [5, 5.41) is 1.13. The normalized spacial score (nSPS) is 23.2. The van der Waals surface area contributed by atoms with Gasteiger partial charge in [-0.25, -0.2) is 8.42 Å². The van der Waals surface area contributed by atoms with E-state index in [1.165, 1.54) is 0 Å². The molecule has 1 saturated heterocycles. The zero-order valence-electron chi connectivity index (χ0n) is 9.11. The molecular formula is C12H12BrNO2S. The fraction of sp³-hybridized carbons (Fsp3) is 0.333. The number of fused-ring (bicyclic) bond motifs is 1. The van der Waals surface area contributed by atoms with Gasteiger partial charge in [-0.3, -0.25) is 0 Å². The van der Waals surface area contributed by atoms with Crippen LogP contribution in [0, 0.1) is 0 Å². The molecule has 0 spiro atoms. The highest BCUT2D eigenvalue weighted by Gasteiger charge is 2.30. The van der Waals surface area contributed by atoms with Gasteiger partial charge in [-0.15, -0.1) is 0 Å². The molecule has 2 heterocycles. The number of nitrogens with one attached hydrogen (secondary N) is 1. The van der Waals surface area contributed by atoms with Gasteiger partial charge in [-0.05, 0) is 30.2 Å². The summed E-state index contributed by atoms with van der Waals surface area (Å²) in [6.45, 7) is 0. The Bertz CT molecular complexity index is 675. The van der Waals surface area contributed by atoms with E-state index in [0.717, 1.165) is 27.4 Å². The molecular weight excluding hydrogens is 302 g/mol. The van der Waals surface area contributed by atoms with Crippen LogP contribution in [0.15, 0.2) is 28.9 Å². The summed E-state index contributed by atoms with van der Waals surface area (Å²) in [5.74, 6) is 0.744. The van der Waals surface area contributed by atoms with Gasteiger partial charge in [0.1, 0.15) is 0 Å². The number of rotatable bonds is 1. The van der Waals surface area contributed by atoms with Crippen LogP contribution in [-0.4, -0.2) is 24.9 Å². The van der Waals surface area contributed by atoms with Crippen LogP contribution in [0.25, 0.3) is 10.9 Å². The van der Waals surface area contributed by atoms with Gasteiger partial charge in [-0.1, -0.05) is 15.9 Å². The second-order valence-electron chi connectivity index (χ2n) is 4.53. The molecule has 1 aliphatic heterocycles. The van der Waals surface area contributed by atoms with Gasteiger partial charge in [0.2, 0.25) is 0 Å². The van der Waals surface area contributed by atoms with Gasteiger partial charge in [0.25, 0.3) is 0 Å². The largest absolute Gasteiger partial charge is 0.361 e. The minimum absolute atomic E-state index is 0.142. The third-order valence-corrected chi connectivity index (χ3v) is 5.61. The number of benzene rings is 1. The second-order valence-corrected chi connectivity index (χ2v) is 7.68. The zero-order chi connectivity index (χ0) is 12.0. The number of aromatic amines is 1. The van der Waals surface area contributed by atoms with Crippen LogP contribution in [0.4, 0.5) is 0 Å². The lowest BCUT2D eigenvalue weighted by atomic mass is 9.98. The van der Waals surface area contributed by atoms with Crippen LogP contribution in [0.2, 0.25) is 0 Å². The Morgan fingerprint density at radius 2 is 2.18 bits per heavy atom. The fourth-order valence-electron chi connectivity index (χ4n) is 2.49. The number of halogens is 1. The van der Waals surface area contributed by atoms with Crippen molar-refractivity contribution < 1.29 is 8.42 Å². The molecule has 0 bridgehead atoms. The lowest BCUT2D eigenvalue weighted by molar-refractivity contribution is 0.601. The third-order valence-electron chi connectivity index (χ3n) is 3.35. The molecule has 0 radical (unpaired) electrons. The summed E-state index contributed by atoms with van der Waals surface area (Å²) < 4.78 is 24.1. The van der Waals surface area contributed by atoms with Crippen LogP contribution < -0.4 is 0 Å². The molecule has 1 unspecified atom stereocenters. The Hall–Kier alpha value is -0.810. The van der Waals surface area contributed by atoms with Crippen molar-refractivity contribution in [2.75, 3.05) is 11.5 Å². The van der Waals surface area contributed by atoms with E-state index in [1.807, 2.05) is 24.4 Å². The topological polar surface area (TPSA) is 49.9 Å². The minimum atomic E-state index is -2.83. The maximum atomic E-state index is 11.5. The first kappa shape index (κ1) is 11.3. The van der Waals surface area contributed by atoms with Gasteiger partial charge in [0.15, 0.2) is 9.84 Å². The molecule has 3 rings (SSSR count). The first-order valence-electron chi connectivity index (χ1n) is 5.52. The molecule has 1 N–H and O–H groups in total. The van der Waals surface area contributed by atoms with E-state index < -0.39 is 9.84 Å². The third kappa shape index (κ3) is 2.02. The summed E-state index contributed by atoms with van der Waals surface area (Å²) >= 11 is 3.45. The molecule has 0 saturated carbocycles. The molecule has 3 nitrogen and oxygen atoms in total. The van der Waals surface area contributed by atoms with E-state index in [2.05, 4.69) is 20.9 Å². The Morgan fingerprint density at radius 3 is 2.88 bits per heavy atom. The molecule has 17 heavy (non-hydrogen) atoms. The highest BCUT2D eigenvalue weighted by atomic mass is 79.9. The van der Waals surface area contributed by atoms with Crippen LogP contribution >= 0.6 is 15.9 Å². The smallest absolute Gasteiger partial charge is 0.150 e. The van der Waals surface area contributed by atoms with E-state index in [1.54, 1.807) is 0 Å². The molecule has 1 atom stereocenters. The number of hydrogen-bond donors (Lipinski definition) is 1. The summed E-state index contributed by atoms with van der Waals surface area (Å²) in [4.78, 5) is 3.20. The molecule has 90 valence electrons. The average Bonchev–Trinajstić information content (AvgIpc) is 2.81. The van der Waals surface area contributed by atoms with Crippen molar-refractivity contribution in [1.82, 2.24) is 4.98 Å². The maximum Gasteiger partial charge on any atom is 0.150 e. The molecule has 0 aliphatic carbocycles. The molecule has 1 fully saturated rings. The first-order chi connectivity index (χ1) is 8.05. The van der Waals surface area contributed by atoms with E-state index in [-0.39, 0.29) is 11.7 Å². The van der Waals surface area contributed by atoms with Crippen LogP contribution in [-0.2, 0) is 9.84 Å². The molecule has 5 heteroatoms. The van der Waals surface area contributed by atoms with Crippen LogP contribution in [0.3, 0.4) is 0 Å². The lowest BCUT2D eigenvalue weighted by Crippen LogP contribution is -2.03. The summed E-state index contributed by atoms with van der Waals surface area (Å²) in [7, 11) is -2.83. The SMILES string of the molecule is O=S1(=O)CCC(c2c[nH]c3ccc(Br)cc23)C1. The van der Waals surface area contributed by atoms with Gasteiger partial charge >= 0.3 is 0 Å². The summed E-state index contributed by atoms with van der Waals surface area (Å²) in [5.41, 5.74) is 2.19. The average molecular weight is 314 g/mol. The van der Waals surface area contributed by atoms with E-state index >= 15 is 0 Å². The quantitative estimate of drug-likeness (QED) is 0.880. The van der Waals surface area contributed by atoms with E-state index in [4.69, 9.17) is 0 Å². The van der Waals surface area contributed by atoms with Crippen molar-refractivity contribution >= 4 is 36.7 Å². The maximum absolute atomic E-state index is 11.5. The Morgan fingerprint density at radius 1 is 1.35 bits per heavy atom. The fourth-order valence-corrected chi connectivity index (χ4v) is 4.62. The molecule has 1 aromatic heterocycles. The van der Waals surface area contributed by atoms with Crippen molar-refractivity contribution in [2.24, 2.45) is 0 Å². The van der Waals surface area contributed by atoms with Crippen molar-refractivity contribution in [3.63, 3.8) is 0 Å². The number of sulfone groups is 1.